The Hall–Kier alpha value is -1.00. The Bertz CT molecular complexity index is 382. The summed E-state index contributed by atoms with van der Waals surface area (Å²) in [6, 6.07) is 3.28. The molecule has 4 heteroatoms. The lowest BCUT2D eigenvalue weighted by Crippen LogP contribution is -2.27. The average molecular weight is 258 g/mol. The molecule has 0 heterocycles. The molecule has 0 fully saturated rings. The molecule has 18 heavy (non-hydrogen) atoms. The minimum Gasteiger partial charge on any atom is -0.390 e. The first-order chi connectivity index (χ1) is 8.45. The highest BCUT2D eigenvalue weighted by molar-refractivity contribution is 5.22. The Kier molecular flexibility index (Phi) is 5.69. The van der Waals surface area contributed by atoms with E-state index < -0.39 is 23.8 Å². The third-order valence-electron chi connectivity index (χ3n) is 3.11. The predicted molar refractivity (Wildman–Crippen MR) is 66.3 cm³/mol. The lowest BCUT2D eigenvalue weighted by Gasteiger charge is -2.21. The van der Waals surface area contributed by atoms with E-state index in [1.54, 1.807) is 6.92 Å². The van der Waals surface area contributed by atoms with Gasteiger partial charge >= 0.3 is 0 Å². The second kappa shape index (κ2) is 6.81. The van der Waals surface area contributed by atoms with E-state index in [2.05, 4.69) is 0 Å². The fraction of sp³-hybridized carbons (Fsp3) is 0.571. The van der Waals surface area contributed by atoms with E-state index in [-0.39, 0.29) is 17.9 Å². The summed E-state index contributed by atoms with van der Waals surface area (Å²) in [7, 11) is 0. The topological polar surface area (TPSA) is 40.5 Å². The van der Waals surface area contributed by atoms with Gasteiger partial charge in [-0.3, -0.25) is 0 Å². The van der Waals surface area contributed by atoms with Crippen LogP contribution in [-0.4, -0.2) is 22.4 Å². The lowest BCUT2D eigenvalue weighted by atomic mass is 9.91. The summed E-state index contributed by atoms with van der Waals surface area (Å²) in [5.74, 6) is -1.33. The normalized spacial score (nSPS) is 16.3. The molecule has 2 nitrogen and oxygen atoms in total. The SMILES string of the molecule is CCCC(O)C(O)CC(C)c1cc(F)ccc1F. The van der Waals surface area contributed by atoms with Gasteiger partial charge in [-0.25, -0.2) is 8.78 Å². The summed E-state index contributed by atoms with van der Waals surface area (Å²) < 4.78 is 26.6. The highest BCUT2D eigenvalue weighted by atomic mass is 19.1. The third-order valence-corrected chi connectivity index (χ3v) is 3.11. The first-order valence-corrected chi connectivity index (χ1v) is 6.26. The summed E-state index contributed by atoms with van der Waals surface area (Å²) in [5.41, 5.74) is 0.234. The molecule has 0 spiro atoms. The van der Waals surface area contributed by atoms with Crippen molar-refractivity contribution in [2.75, 3.05) is 0 Å². The van der Waals surface area contributed by atoms with E-state index in [0.29, 0.717) is 6.42 Å². The van der Waals surface area contributed by atoms with Crippen molar-refractivity contribution in [1.82, 2.24) is 0 Å². The minimum atomic E-state index is -0.914. The van der Waals surface area contributed by atoms with Crippen LogP contribution in [0.25, 0.3) is 0 Å². The molecule has 0 aliphatic carbocycles. The van der Waals surface area contributed by atoms with Crippen molar-refractivity contribution in [3.8, 4) is 0 Å². The van der Waals surface area contributed by atoms with Crippen LogP contribution in [0.5, 0.6) is 0 Å². The molecule has 0 aliphatic rings. The summed E-state index contributed by atoms with van der Waals surface area (Å²) in [6.45, 7) is 3.62. The van der Waals surface area contributed by atoms with E-state index in [1.165, 1.54) is 0 Å². The Balaban J connectivity index is 2.69. The largest absolute Gasteiger partial charge is 0.390 e. The second-order valence-corrected chi connectivity index (χ2v) is 4.73. The molecule has 0 aromatic heterocycles. The van der Waals surface area contributed by atoms with Gasteiger partial charge in [-0.15, -0.1) is 0 Å². The van der Waals surface area contributed by atoms with Crippen molar-refractivity contribution in [3.05, 3.63) is 35.4 Å². The van der Waals surface area contributed by atoms with Crippen LogP contribution in [0, 0.1) is 11.6 Å². The van der Waals surface area contributed by atoms with Crippen molar-refractivity contribution in [3.63, 3.8) is 0 Å². The summed E-state index contributed by atoms with van der Waals surface area (Å²) >= 11 is 0. The lowest BCUT2D eigenvalue weighted by molar-refractivity contribution is 0.00621. The molecular formula is C14H20F2O2. The predicted octanol–water partition coefficient (Wildman–Crippen LogP) is 2.98. The van der Waals surface area contributed by atoms with Gasteiger partial charge in [-0.05, 0) is 42.5 Å². The van der Waals surface area contributed by atoms with Gasteiger partial charge in [-0.1, -0.05) is 20.3 Å². The standard InChI is InChI=1S/C14H20F2O2/c1-3-4-13(17)14(18)7-9(2)11-8-10(15)5-6-12(11)16/h5-6,8-9,13-14,17-18H,3-4,7H2,1-2H3. The number of rotatable bonds is 6. The monoisotopic (exact) mass is 258 g/mol. The van der Waals surface area contributed by atoms with Crippen LogP contribution in [0.15, 0.2) is 18.2 Å². The molecule has 1 aromatic rings. The molecule has 102 valence electrons. The molecule has 0 radical (unpaired) electrons. The summed E-state index contributed by atoms with van der Waals surface area (Å²) in [5, 5.41) is 19.4. The maximum absolute atomic E-state index is 13.5. The van der Waals surface area contributed by atoms with E-state index >= 15 is 0 Å². The highest BCUT2D eigenvalue weighted by Crippen LogP contribution is 2.25. The Morgan fingerprint density at radius 1 is 1.17 bits per heavy atom. The fourth-order valence-corrected chi connectivity index (χ4v) is 2.03. The Labute approximate surface area is 106 Å². The van der Waals surface area contributed by atoms with Gasteiger partial charge in [0.15, 0.2) is 0 Å². The van der Waals surface area contributed by atoms with Crippen molar-refractivity contribution in [2.24, 2.45) is 0 Å². The van der Waals surface area contributed by atoms with Crippen LogP contribution >= 0.6 is 0 Å². The van der Waals surface area contributed by atoms with Gasteiger partial charge in [0.1, 0.15) is 11.6 Å². The Morgan fingerprint density at radius 2 is 1.83 bits per heavy atom. The van der Waals surface area contributed by atoms with Gasteiger partial charge in [0.05, 0.1) is 12.2 Å². The number of aliphatic hydroxyl groups is 2. The molecule has 3 unspecified atom stereocenters. The Morgan fingerprint density at radius 3 is 2.44 bits per heavy atom. The quantitative estimate of drug-likeness (QED) is 0.823. The van der Waals surface area contributed by atoms with E-state index in [0.717, 1.165) is 24.6 Å². The van der Waals surface area contributed by atoms with Crippen LogP contribution in [0.3, 0.4) is 0 Å². The first-order valence-electron chi connectivity index (χ1n) is 6.26. The van der Waals surface area contributed by atoms with Gasteiger partial charge in [0.2, 0.25) is 0 Å². The van der Waals surface area contributed by atoms with Gasteiger partial charge < -0.3 is 10.2 Å². The number of hydrogen-bond acceptors (Lipinski definition) is 2. The summed E-state index contributed by atoms with van der Waals surface area (Å²) in [4.78, 5) is 0. The van der Waals surface area contributed by atoms with Gasteiger partial charge in [0, 0.05) is 0 Å². The zero-order chi connectivity index (χ0) is 13.7. The van der Waals surface area contributed by atoms with Crippen LogP contribution < -0.4 is 0 Å². The van der Waals surface area contributed by atoms with E-state index in [1.807, 2.05) is 6.92 Å². The van der Waals surface area contributed by atoms with E-state index in [4.69, 9.17) is 0 Å². The summed E-state index contributed by atoms with van der Waals surface area (Å²) in [6.07, 6.45) is -0.251. The number of aliphatic hydroxyl groups excluding tert-OH is 2. The number of halogens is 2. The maximum atomic E-state index is 13.5. The van der Waals surface area contributed by atoms with Crippen molar-refractivity contribution >= 4 is 0 Å². The van der Waals surface area contributed by atoms with Crippen LogP contribution in [-0.2, 0) is 0 Å². The highest BCUT2D eigenvalue weighted by Gasteiger charge is 2.21. The zero-order valence-corrected chi connectivity index (χ0v) is 10.7. The minimum absolute atomic E-state index is 0.210. The molecule has 2 N–H and O–H groups in total. The van der Waals surface area contributed by atoms with Crippen LogP contribution in [0.4, 0.5) is 8.78 Å². The molecule has 0 saturated carbocycles. The maximum Gasteiger partial charge on any atom is 0.126 e. The molecule has 0 amide bonds. The average Bonchev–Trinajstić information content (AvgIpc) is 2.32. The molecule has 0 bridgehead atoms. The van der Waals surface area contributed by atoms with Crippen LogP contribution in [0.1, 0.15) is 44.6 Å². The molecule has 0 saturated heterocycles. The molecule has 0 aliphatic heterocycles. The van der Waals surface area contributed by atoms with Gasteiger partial charge in [0.25, 0.3) is 0 Å². The smallest absolute Gasteiger partial charge is 0.126 e. The third kappa shape index (κ3) is 4.03. The van der Waals surface area contributed by atoms with Crippen molar-refractivity contribution in [1.29, 1.82) is 0 Å². The fourth-order valence-electron chi connectivity index (χ4n) is 2.03. The van der Waals surface area contributed by atoms with Crippen molar-refractivity contribution in [2.45, 2.75) is 51.2 Å². The molecule has 3 atom stereocenters. The number of benzene rings is 1. The molecule has 1 aromatic carbocycles. The molecule has 1 rings (SSSR count). The molecular weight excluding hydrogens is 238 g/mol. The number of hydrogen-bond donors (Lipinski definition) is 2. The zero-order valence-electron chi connectivity index (χ0n) is 10.7. The van der Waals surface area contributed by atoms with E-state index in [9.17, 15) is 19.0 Å². The van der Waals surface area contributed by atoms with Crippen molar-refractivity contribution < 1.29 is 19.0 Å². The van der Waals surface area contributed by atoms with Crippen LogP contribution in [0.2, 0.25) is 0 Å². The second-order valence-electron chi connectivity index (χ2n) is 4.73. The van der Waals surface area contributed by atoms with Gasteiger partial charge in [-0.2, -0.15) is 0 Å². The first kappa shape index (κ1) is 15.1.